The number of nitrogens with two attached hydrogens (primary N) is 1. The third-order valence-electron chi connectivity index (χ3n) is 5.69. The van der Waals surface area contributed by atoms with E-state index in [0.29, 0.717) is 30.1 Å². The molecule has 2 fully saturated rings. The van der Waals surface area contributed by atoms with Gasteiger partial charge in [0.1, 0.15) is 0 Å². The molecule has 0 aliphatic heterocycles. The molecule has 3 nitrogen and oxygen atoms in total. The smallest absolute Gasteiger partial charge is 0.0934 e. The molecule has 0 aromatic rings. The van der Waals surface area contributed by atoms with Gasteiger partial charge in [0.05, 0.1) is 18.8 Å². The minimum atomic E-state index is 0.0528. The van der Waals surface area contributed by atoms with Crippen molar-refractivity contribution in [2.45, 2.75) is 52.2 Å². The van der Waals surface area contributed by atoms with Gasteiger partial charge in [0.2, 0.25) is 0 Å². The van der Waals surface area contributed by atoms with Crippen molar-refractivity contribution >= 4 is 0 Å². The zero-order valence-corrected chi connectivity index (χ0v) is 11.7. The maximum absolute atomic E-state index is 6.22. The first-order chi connectivity index (χ1) is 7.95. The number of ether oxygens (including phenoxy) is 2. The third-order valence-corrected chi connectivity index (χ3v) is 5.69. The number of rotatable bonds is 5. The molecule has 0 aromatic carbocycles. The van der Waals surface area contributed by atoms with Crippen molar-refractivity contribution < 1.29 is 9.47 Å². The molecule has 17 heavy (non-hydrogen) atoms. The summed E-state index contributed by atoms with van der Waals surface area (Å²) < 4.78 is 11.4. The molecule has 3 heteroatoms. The molecule has 4 atom stereocenters. The molecule has 2 bridgehead atoms. The predicted molar refractivity (Wildman–Crippen MR) is 68.8 cm³/mol. The van der Waals surface area contributed by atoms with Crippen molar-refractivity contribution in [2.24, 2.45) is 22.5 Å². The third kappa shape index (κ3) is 1.92. The first-order valence-corrected chi connectivity index (χ1v) is 6.80. The Labute approximate surface area is 105 Å². The highest BCUT2D eigenvalue weighted by Crippen LogP contribution is 2.66. The Bertz CT molecular complexity index is 279. The van der Waals surface area contributed by atoms with E-state index in [1.54, 1.807) is 7.11 Å². The van der Waals surface area contributed by atoms with Crippen LogP contribution in [-0.4, -0.2) is 32.5 Å². The van der Waals surface area contributed by atoms with Gasteiger partial charge in [-0.2, -0.15) is 0 Å². The van der Waals surface area contributed by atoms with Crippen molar-refractivity contribution in [2.75, 3.05) is 20.3 Å². The summed E-state index contributed by atoms with van der Waals surface area (Å²) in [6.07, 6.45) is 4.27. The van der Waals surface area contributed by atoms with Crippen molar-refractivity contribution in [1.29, 1.82) is 0 Å². The van der Waals surface area contributed by atoms with Crippen LogP contribution in [0.4, 0.5) is 0 Å². The highest BCUT2D eigenvalue weighted by Gasteiger charge is 2.62. The van der Waals surface area contributed by atoms with Crippen LogP contribution in [-0.2, 0) is 9.47 Å². The highest BCUT2D eigenvalue weighted by atomic mass is 16.5. The molecule has 2 N–H and O–H groups in total. The predicted octanol–water partition coefficient (Wildman–Crippen LogP) is 2.19. The van der Waals surface area contributed by atoms with E-state index in [0.717, 1.165) is 5.92 Å². The Kier molecular flexibility index (Phi) is 3.54. The molecule has 2 saturated carbocycles. The normalized spacial score (nSPS) is 40.8. The fourth-order valence-corrected chi connectivity index (χ4v) is 3.92. The van der Waals surface area contributed by atoms with Crippen LogP contribution in [0, 0.1) is 16.7 Å². The van der Waals surface area contributed by atoms with Gasteiger partial charge >= 0.3 is 0 Å². The van der Waals surface area contributed by atoms with Crippen LogP contribution in [0.15, 0.2) is 0 Å². The van der Waals surface area contributed by atoms with Crippen LogP contribution in [0.25, 0.3) is 0 Å². The van der Waals surface area contributed by atoms with E-state index >= 15 is 0 Å². The van der Waals surface area contributed by atoms with Gasteiger partial charge in [-0.05, 0) is 36.0 Å². The SMILES string of the molecule is COCC(CN)OC1CC2CCC1(C)C2(C)C. The Hall–Kier alpha value is -0.120. The quantitative estimate of drug-likeness (QED) is 0.802. The molecule has 0 saturated heterocycles. The first-order valence-electron chi connectivity index (χ1n) is 6.80. The van der Waals surface area contributed by atoms with Crippen LogP contribution in [0.2, 0.25) is 0 Å². The molecule has 0 spiro atoms. The minimum absolute atomic E-state index is 0.0528. The largest absolute Gasteiger partial charge is 0.382 e. The summed E-state index contributed by atoms with van der Waals surface area (Å²) >= 11 is 0. The van der Waals surface area contributed by atoms with E-state index in [1.807, 2.05) is 0 Å². The molecular formula is C14H27NO2. The van der Waals surface area contributed by atoms with Crippen molar-refractivity contribution in [3.63, 3.8) is 0 Å². The standard InChI is InChI=1S/C14H27NO2/c1-13(2)10-5-6-14(13,3)12(7-10)17-11(8-15)9-16-4/h10-12H,5-9,15H2,1-4H3. The zero-order valence-electron chi connectivity index (χ0n) is 11.7. The number of hydrogen-bond acceptors (Lipinski definition) is 3. The molecule has 2 aliphatic rings. The zero-order chi connectivity index (χ0) is 12.7. The molecule has 100 valence electrons. The second kappa shape index (κ2) is 4.52. The summed E-state index contributed by atoms with van der Waals surface area (Å²) in [5, 5.41) is 0. The Morgan fingerprint density at radius 1 is 1.35 bits per heavy atom. The summed E-state index contributed by atoms with van der Waals surface area (Å²) in [5.74, 6) is 0.818. The average molecular weight is 241 g/mol. The number of fused-ring (bicyclic) bond motifs is 2. The van der Waals surface area contributed by atoms with E-state index in [1.165, 1.54) is 19.3 Å². The summed E-state index contributed by atoms with van der Waals surface area (Å²) in [4.78, 5) is 0. The minimum Gasteiger partial charge on any atom is -0.382 e. The molecule has 2 aliphatic carbocycles. The van der Waals surface area contributed by atoms with E-state index < -0.39 is 0 Å². The second-order valence-electron chi connectivity index (χ2n) is 6.55. The van der Waals surface area contributed by atoms with Crippen LogP contribution in [0.5, 0.6) is 0 Å². The van der Waals surface area contributed by atoms with Crippen molar-refractivity contribution in [3.05, 3.63) is 0 Å². The monoisotopic (exact) mass is 241 g/mol. The topological polar surface area (TPSA) is 44.5 Å². The van der Waals surface area contributed by atoms with Gasteiger partial charge < -0.3 is 15.2 Å². The number of methoxy groups -OCH3 is 1. The summed E-state index contributed by atoms with van der Waals surface area (Å²) in [7, 11) is 1.71. The van der Waals surface area contributed by atoms with Gasteiger partial charge in [-0.25, -0.2) is 0 Å². The fraction of sp³-hybridized carbons (Fsp3) is 1.00. The van der Waals surface area contributed by atoms with Crippen LogP contribution in [0.3, 0.4) is 0 Å². The van der Waals surface area contributed by atoms with Crippen LogP contribution in [0.1, 0.15) is 40.0 Å². The van der Waals surface area contributed by atoms with Crippen molar-refractivity contribution in [1.82, 2.24) is 0 Å². The van der Waals surface area contributed by atoms with Gasteiger partial charge in [0, 0.05) is 13.7 Å². The molecule has 2 rings (SSSR count). The van der Waals surface area contributed by atoms with Crippen LogP contribution < -0.4 is 5.73 Å². The maximum atomic E-state index is 6.22. The molecule has 0 aromatic heterocycles. The lowest BCUT2D eigenvalue weighted by molar-refractivity contribution is -0.101. The maximum Gasteiger partial charge on any atom is 0.0934 e. The van der Waals surface area contributed by atoms with E-state index in [4.69, 9.17) is 15.2 Å². The molecule has 0 radical (unpaired) electrons. The lowest BCUT2D eigenvalue weighted by Gasteiger charge is -2.40. The summed E-state index contributed by atoms with van der Waals surface area (Å²) in [6.45, 7) is 8.36. The Balaban J connectivity index is 2.05. The van der Waals surface area contributed by atoms with E-state index in [2.05, 4.69) is 20.8 Å². The lowest BCUT2D eigenvalue weighted by Crippen LogP contribution is -2.42. The van der Waals surface area contributed by atoms with Gasteiger partial charge in [0.25, 0.3) is 0 Å². The molecular weight excluding hydrogens is 214 g/mol. The van der Waals surface area contributed by atoms with Gasteiger partial charge in [-0.15, -0.1) is 0 Å². The molecule has 0 amide bonds. The molecule has 4 unspecified atom stereocenters. The van der Waals surface area contributed by atoms with E-state index in [-0.39, 0.29) is 6.10 Å². The van der Waals surface area contributed by atoms with E-state index in [9.17, 15) is 0 Å². The fourth-order valence-electron chi connectivity index (χ4n) is 3.92. The average Bonchev–Trinajstić information content (AvgIpc) is 2.61. The van der Waals surface area contributed by atoms with Gasteiger partial charge in [0.15, 0.2) is 0 Å². The molecule has 0 heterocycles. The Morgan fingerprint density at radius 3 is 2.47 bits per heavy atom. The Morgan fingerprint density at radius 2 is 2.06 bits per heavy atom. The van der Waals surface area contributed by atoms with Gasteiger partial charge in [-0.1, -0.05) is 20.8 Å². The highest BCUT2D eigenvalue weighted by molar-refractivity contribution is 5.11. The van der Waals surface area contributed by atoms with Gasteiger partial charge in [-0.3, -0.25) is 0 Å². The summed E-state index contributed by atoms with van der Waals surface area (Å²) in [5.41, 5.74) is 6.47. The van der Waals surface area contributed by atoms with Crippen molar-refractivity contribution in [3.8, 4) is 0 Å². The number of hydrogen-bond donors (Lipinski definition) is 1. The summed E-state index contributed by atoms with van der Waals surface area (Å²) in [6, 6.07) is 0. The lowest BCUT2D eigenvalue weighted by atomic mass is 9.70. The first kappa shape index (κ1) is 13.3. The van der Waals surface area contributed by atoms with Crippen LogP contribution >= 0.6 is 0 Å². The second-order valence-corrected chi connectivity index (χ2v) is 6.55.